The zero-order chi connectivity index (χ0) is 25.2. The van der Waals surface area contributed by atoms with Crippen molar-refractivity contribution in [1.29, 1.82) is 0 Å². The lowest BCUT2D eigenvalue weighted by Gasteiger charge is -2.22. The van der Waals surface area contributed by atoms with E-state index in [4.69, 9.17) is 0 Å². The molecule has 3 aromatic rings. The summed E-state index contributed by atoms with van der Waals surface area (Å²) in [5.41, 5.74) is -4.09. The Morgan fingerprint density at radius 3 is 2.34 bits per heavy atom. The number of hydrogen-bond donors (Lipinski definition) is 1. The number of anilines is 2. The number of sulfone groups is 1. The van der Waals surface area contributed by atoms with Gasteiger partial charge < -0.3 is 10.2 Å². The largest absolute Gasteiger partial charge is 0.501 e. The van der Waals surface area contributed by atoms with Crippen molar-refractivity contribution in [2.45, 2.75) is 35.3 Å². The minimum absolute atomic E-state index is 0.00754. The summed E-state index contributed by atoms with van der Waals surface area (Å²) in [6.07, 6.45) is 2.54. The summed E-state index contributed by atoms with van der Waals surface area (Å²) in [4.78, 5) is 32.4. The van der Waals surface area contributed by atoms with Crippen LogP contribution < -0.4 is 10.2 Å². The lowest BCUT2D eigenvalue weighted by Crippen LogP contribution is -2.36. The third-order valence-corrected chi connectivity index (χ3v) is 7.93. The average molecular weight is 504 g/mol. The quantitative estimate of drug-likeness (QED) is 0.526. The van der Waals surface area contributed by atoms with Crippen molar-refractivity contribution < 1.29 is 31.2 Å². The second-order valence-corrected chi connectivity index (χ2v) is 10.4. The number of nitrogens with one attached hydrogen (secondary N) is 1. The summed E-state index contributed by atoms with van der Waals surface area (Å²) in [6.45, 7) is 0.138. The number of alkyl halides is 3. The molecule has 2 heterocycles. The fourth-order valence-corrected chi connectivity index (χ4v) is 5.10. The lowest BCUT2D eigenvalue weighted by atomic mass is 10.1. The van der Waals surface area contributed by atoms with Crippen LogP contribution in [0.5, 0.6) is 0 Å². The smallest absolute Gasteiger partial charge is 0.388 e. The molecule has 1 N–H and O–H groups in total. The fraction of sp³-hybridized carbons (Fsp3) is 0.261. The van der Waals surface area contributed by atoms with E-state index >= 15 is 0 Å². The molecule has 0 unspecified atom stereocenters. The van der Waals surface area contributed by atoms with Gasteiger partial charge in [0.05, 0.1) is 16.1 Å². The molecule has 0 radical (unpaired) electrons. The van der Waals surface area contributed by atoms with Gasteiger partial charge >= 0.3 is 11.5 Å². The lowest BCUT2D eigenvalue weighted by molar-refractivity contribution is -0.120. The molecule has 1 aliphatic heterocycles. The first-order valence-electron chi connectivity index (χ1n) is 10.6. The number of carbonyl (C=O) groups excluding carboxylic acids is 2. The summed E-state index contributed by atoms with van der Waals surface area (Å²) in [6, 6.07) is 10.3. The Bertz CT molecular complexity index is 1470. The molecule has 2 aromatic carbocycles. The number of carbonyl (C=O) groups is 2. The third-order valence-electron chi connectivity index (χ3n) is 6.42. The zero-order valence-electron chi connectivity index (χ0n) is 18.3. The van der Waals surface area contributed by atoms with Gasteiger partial charge in [0.15, 0.2) is 0 Å². The first-order valence-corrected chi connectivity index (χ1v) is 12.1. The van der Waals surface area contributed by atoms with Gasteiger partial charge in [0.2, 0.25) is 0 Å². The van der Waals surface area contributed by atoms with Crippen LogP contribution in [0.3, 0.4) is 0 Å². The van der Waals surface area contributed by atoms with Crippen LogP contribution in [-0.2, 0) is 21.2 Å². The highest BCUT2D eigenvalue weighted by atomic mass is 32.2. The highest BCUT2D eigenvalue weighted by Crippen LogP contribution is 2.50. The van der Waals surface area contributed by atoms with Crippen molar-refractivity contribution in [3.05, 3.63) is 60.3 Å². The first kappa shape index (κ1) is 23.1. The Balaban J connectivity index is 1.47. The predicted molar refractivity (Wildman–Crippen MR) is 121 cm³/mol. The normalized spacial score (nSPS) is 17.5. The number of pyridine rings is 1. The third kappa shape index (κ3) is 3.51. The first-order chi connectivity index (χ1) is 16.5. The molecule has 1 spiro atoms. The second kappa shape index (κ2) is 7.67. The van der Waals surface area contributed by atoms with Gasteiger partial charge in [-0.1, -0.05) is 6.07 Å². The van der Waals surface area contributed by atoms with E-state index < -0.39 is 37.7 Å². The van der Waals surface area contributed by atoms with Crippen molar-refractivity contribution >= 4 is 44.1 Å². The Morgan fingerprint density at radius 2 is 1.74 bits per heavy atom. The van der Waals surface area contributed by atoms with E-state index in [2.05, 4.69) is 10.3 Å². The monoisotopic (exact) mass is 504 g/mol. The van der Waals surface area contributed by atoms with Gasteiger partial charge in [-0.2, -0.15) is 13.2 Å². The molecule has 182 valence electrons. The highest BCUT2D eigenvalue weighted by Gasteiger charge is 2.65. The number of imide groups is 1. The van der Waals surface area contributed by atoms with Gasteiger partial charge in [0.1, 0.15) is 5.54 Å². The predicted octanol–water partition coefficient (Wildman–Crippen LogP) is 4.07. The van der Waals surface area contributed by atoms with E-state index in [1.165, 1.54) is 4.90 Å². The molecule has 1 saturated carbocycles. The number of nitrogens with zero attached hydrogens (tertiary/aromatic N) is 3. The van der Waals surface area contributed by atoms with E-state index in [9.17, 15) is 31.2 Å². The van der Waals surface area contributed by atoms with Gasteiger partial charge in [0, 0.05) is 30.9 Å². The molecule has 0 bridgehead atoms. The summed E-state index contributed by atoms with van der Waals surface area (Å²) in [5.74, 6) is -0.482. The summed E-state index contributed by atoms with van der Waals surface area (Å²) >= 11 is 0. The number of amides is 3. The fourth-order valence-electron chi connectivity index (χ4n) is 4.34. The zero-order valence-corrected chi connectivity index (χ0v) is 19.2. The Kier molecular flexibility index (Phi) is 5.06. The second-order valence-electron chi connectivity index (χ2n) is 8.44. The van der Waals surface area contributed by atoms with Crippen LogP contribution in [0.15, 0.2) is 59.6 Å². The molecule has 1 aromatic heterocycles. The van der Waals surface area contributed by atoms with Crippen molar-refractivity contribution in [2.24, 2.45) is 0 Å². The highest BCUT2D eigenvalue weighted by molar-refractivity contribution is 7.92. The van der Waals surface area contributed by atoms with E-state index in [0.717, 1.165) is 51.3 Å². The van der Waals surface area contributed by atoms with E-state index in [1.807, 2.05) is 18.2 Å². The maximum absolute atomic E-state index is 13.4. The molecule has 2 fully saturated rings. The minimum Gasteiger partial charge on any atom is -0.388 e. The molecular weight excluding hydrogens is 485 g/mol. The van der Waals surface area contributed by atoms with Crippen LogP contribution in [0.2, 0.25) is 0 Å². The number of rotatable bonds is 5. The van der Waals surface area contributed by atoms with Gasteiger partial charge in [0.25, 0.3) is 15.7 Å². The van der Waals surface area contributed by atoms with Gasteiger partial charge in [-0.05, 0) is 60.9 Å². The molecule has 0 atom stereocenters. The molecule has 5 rings (SSSR count). The molecule has 8 nitrogen and oxygen atoms in total. The van der Waals surface area contributed by atoms with Crippen molar-refractivity contribution in [1.82, 2.24) is 9.88 Å². The number of urea groups is 1. The molecule has 1 saturated heterocycles. The van der Waals surface area contributed by atoms with Crippen LogP contribution in [0.1, 0.15) is 18.4 Å². The van der Waals surface area contributed by atoms with Crippen LogP contribution in [0.4, 0.5) is 29.3 Å². The summed E-state index contributed by atoms with van der Waals surface area (Å²) in [7, 11) is -3.75. The van der Waals surface area contributed by atoms with Gasteiger partial charge in [-0.25, -0.2) is 18.1 Å². The number of aromatic nitrogens is 1. The molecular formula is C23H19F3N4O4S. The Morgan fingerprint density at radius 1 is 1.06 bits per heavy atom. The maximum Gasteiger partial charge on any atom is 0.501 e. The van der Waals surface area contributed by atoms with E-state index in [-0.39, 0.29) is 12.2 Å². The number of hydrogen-bond acceptors (Lipinski definition) is 6. The van der Waals surface area contributed by atoms with Crippen LogP contribution in [0.25, 0.3) is 10.9 Å². The standard InChI is InChI=1S/C23H19F3N4O4S/c1-27-15-2-7-18-14(8-11-28-19(18)12-15)13-29-21(32)30(20(31)22(29)9-10-22)16-3-5-17(6-4-16)35(33,34)23(24,25)26/h2-8,11-12,27H,9-10,13H2,1H3. The number of halogens is 3. The number of fused-ring (bicyclic) bond motifs is 1. The number of benzene rings is 2. The molecule has 3 amide bonds. The molecule has 35 heavy (non-hydrogen) atoms. The van der Waals surface area contributed by atoms with Gasteiger partial charge in [-0.3, -0.25) is 9.78 Å². The Hall–Kier alpha value is -3.67. The van der Waals surface area contributed by atoms with Crippen molar-refractivity contribution in [2.75, 3.05) is 17.3 Å². The van der Waals surface area contributed by atoms with Crippen LogP contribution in [-0.4, -0.2) is 48.3 Å². The van der Waals surface area contributed by atoms with E-state index in [0.29, 0.717) is 12.8 Å². The SMILES string of the molecule is CNc1ccc2c(CN3C(=O)N(c4ccc(S(=O)(=O)C(F)(F)F)cc4)C(=O)C34CC4)ccnc2c1. The Labute approximate surface area is 198 Å². The van der Waals surface area contributed by atoms with Crippen molar-refractivity contribution in [3.63, 3.8) is 0 Å². The molecule has 1 aliphatic carbocycles. The summed E-state index contributed by atoms with van der Waals surface area (Å²) < 4.78 is 61.8. The minimum atomic E-state index is -5.54. The van der Waals surface area contributed by atoms with Crippen molar-refractivity contribution in [3.8, 4) is 0 Å². The maximum atomic E-state index is 13.4. The topological polar surface area (TPSA) is 99.7 Å². The molecule has 2 aliphatic rings. The van der Waals surface area contributed by atoms with Crippen LogP contribution >= 0.6 is 0 Å². The summed E-state index contributed by atoms with van der Waals surface area (Å²) in [5, 5.41) is 3.86. The van der Waals surface area contributed by atoms with Crippen LogP contribution in [0, 0.1) is 0 Å². The molecule has 12 heteroatoms. The van der Waals surface area contributed by atoms with E-state index in [1.54, 1.807) is 19.3 Å². The van der Waals surface area contributed by atoms with Gasteiger partial charge in [-0.15, -0.1) is 0 Å². The average Bonchev–Trinajstić information content (AvgIpc) is 3.60.